The van der Waals surface area contributed by atoms with Crippen LogP contribution in [0.4, 0.5) is 5.69 Å². The highest BCUT2D eigenvalue weighted by molar-refractivity contribution is 8.93. The largest absolute Gasteiger partial charge is 0.317 e. The molecule has 0 saturated carbocycles. The quantitative estimate of drug-likeness (QED) is 0.510. The lowest BCUT2D eigenvalue weighted by atomic mass is 9.90. The van der Waals surface area contributed by atoms with Crippen LogP contribution in [0.15, 0.2) is 60.0 Å². The van der Waals surface area contributed by atoms with Crippen LogP contribution in [-0.2, 0) is 5.54 Å². The van der Waals surface area contributed by atoms with E-state index in [4.69, 9.17) is 5.73 Å². The standard InChI is InChI=1S/C17H15N3O2S.BrH/c1-17(18,13-7-9-14(10-8-13)20(21)22)15-11-23-16(19-15)12-5-3-2-4-6-12;/h2-11H,18H2,1H3;1H. The van der Waals surface area contributed by atoms with Crippen LogP contribution >= 0.6 is 28.3 Å². The molecule has 1 aromatic heterocycles. The van der Waals surface area contributed by atoms with E-state index in [1.807, 2.05) is 42.6 Å². The number of rotatable bonds is 4. The molecule has 1 heterocycles. The number of hydrogen-bond donors (Lipinski definition) is 1. The van der Waals surface area contributed by atoms with Crippen LogP contribution in [0.2, 0.25) is 0 Å². The van der Waals surface area contributed by atoms with Crippen molar-refractivity contribution in [1.29, 1.82) is 0 Å². The Hall–Kier alpha value is -2.09. The molecule has 2 N–H and O–H groups in total. The number of benzene rings is 2. The summed E-state index contributed by atoms with van der Waals surface area (Å²) in [6.45, 7) is 1.86. The summed E-state index contributed by atoms with van der Waals surface area (Å²) < 4.78 is 0. The second-order valence-electron chi connectivity index (χ2n) is 5.41. The van der Waals surface area contributed by atoms with Crippen molar-refractivity contribution in [3.8, 4) is 10.6 Å². The molecule has 24 heavy (non-hydrogen) atoms. The first-order valence-electron chi connectivity index (χ1n) is 7.04. The maximum absolute atomic E-state index is 10.8. The number of thiazole rings is 1. The van der Waals surface area contributed by atoms with Crippen molar-refractivity contribution in [2.45, 2.75) is 12.5 Å². The van der Waals surface area contributed by atoms with E-state index in [0.29, 0.717) is 0 Å². The molecule has 0 aliphatic rings. The Labute approximate surface area is 154 Å². The summed E-state index contributed by atoms with van der Waals surface area (Å²) in [7, 11) is 0. The molecule has 7 heteroatoms. The highest BCUT2D eigenvalue weighted by Gasteiger charge is 2.27. The molecule has 0 amide bonds. The van der Waals surface area contributed by atoms with E-state index in [1.54, 1.807) is 12.1 Å². The highest BCUT2D eigenvalue weighted by atomic mass is 79.9. The summed E-state index contributed by atoms with van der Waals surface area (Å²) in [5, 5.41) is 13.6. The second kappa shape index (κ2) is 7.21. The van der Waals surface area contributed by atoms with Gasteiger partial charge < -0.3 is 5.73 Å². The molecule has 3 rings (SSSR count). The first kappa shape index (κ1) is 18.3. The lowest BCUT2D eigenvalue weighted by Crippen LogP contribution is -2.34. The predicted molar refractivity (Wildman–Crippen MR) is 102 cm³/mol. The van der Waals surface area contributed by atoms with Gasteiger partial charge in [-0.25, -0.2) is 4.98 Å². The van der Waals surface area contributed by atoms with Gasteiger partial charge in [0.05, 0.1) is 16.2 Å². The molecule has 124 valence electrons. The molecular formula is C17H16BrN3O2S. The Balaban J connectivity index is 0.00000208. The van der Waals surface area contributed by atoms with Crippen molar-refractivity contribution in [2.75, 3.05) is 0 Å². The van der Waals surface area contributed by atoms with E-state index in [2.05, 4.69) is 4.98 Å². The fraction of sp³-hybridized carbons (Fsp3) is 0.118. The van der Waals surface area contributed by atoms with E-state index in [-0.39, 0.29) is 22.7 Å². The van der Waals surface area contributed by atoms with E-state index in [1.165, 1.54) is 23.5 Å². The average molecular weight is 406 g/mol. The van der Waals surface area contributed by atoms with Crippen LogP contribution in [0.5, 0.6) is 0 Å². The highest BCUT2D eigenvalue weighted by Crippen LogP contribution is 2.32. The molecule has 0 spiro atoms. The second-order valence-corrected chi connectivity index (χ2v) is 6.27. The zero-order chi connectivity index (χ0) is 16.4. The Kier molecular flexibility index (Phi) is 5.48. The lowest BCUT2D eigenvalue weighted by Gasteiger charge is -2.23. The number of nitrogens with two attached hydrogens (primary N) is 1. The van der Waals surface area contributed by atoms with Crippen molar-refractivity contribution < 1.29 is 4.92 Å². The van der Waals surface area contributed by atoms with Gasteiger partial charge in [0.25, 0.3) is 5.69 Å². The summed E-state index contributed by atoms with van der Waals surface area (Å²) >= 11 is 1.53. The van der Waals surface area contributed by atoms with E-state index < -0.39 is 10.5 Å². The van der Waals surface area contributed by atoms with Gasteiger partial charge >= 0.3 is 0 Å². The van der Waals surface area contributed by atoms with Gasteiger partial charge in [0.1, 0.15) is 5.01 Å². The summed E-state index contributed by atoms with van der Waals surface area (Å²) in [6.07, 6.45) is 0. The molecule has 5 nitrogen and oxygen atoms in total. The summed E-state index contributed by atoms with van der Waals surface area (Å²) in [5.74, 6) is 0. The van der Waals surface area contributed by atoms with Gasteiger partial charge in [-0.3, -0.25) is 10.1 Å². The predicted octanol–water partition coefficient (Wildman–Crippen LogP) is 4.52. The average Bonchev–Trinajstić information content (AvgIpc) is 3.06. The van der Waals surface area contributed by atoms with Crippen LogP contribution in [0.3, 0.4) is 0 Å². The number of halogens is 1. The maximum atomic E-state index is 10.8. The Morgan fingerprint density at radius 2 is 1.75 bits per heavy atom. The monoisotopic (exact) mass is 405 g/mol. The van der Waals surface area contributed by atoms with Crippen molar-refractivity contribution in [3.63, 3.8) is 0 Å². The number of nitrogens with zero attached hydrogens (tertiary/aromatic N) is 2. The molecule has 1 unspecified atom stereocenters. The molecule has 0 saturated heterocycles. The normalized spacial score (nSPS) is 12.9. The van der Waals surface area contributed by atoms with Gasteiger partial charge in [0.2, 0.25) is 0 Å². The third-order valence-electron chi connectivity index (χ3n) is 3.73. The molecule has 3 aromatic rings. The Bertz CT molecular complexity index is 833. The molecule has 0 radical (unpaired) electrons. The maximum Gasteiger partial charge on any atom is 0.269 e. The Morgan fingerprint density at radius 1 is 1.12 bits per heavy atom. The molecule has 0 aliphatic heterocycles. The van der Waals surface area contributed by atoms with Crippen LogP contribution < -0.4 is 5.73 Å². The Morgan fingerprint density at radius 3 is 2.33 bits per heavy atom. The van der Waals surface area contributed by atoms with Crippen LogP contribution in [0, 0.1) is 10.1 Å². The first-order valence-corrected chi connectivity index (χ1v) is 7.91. The van der Waals surface area contributed by atoms with Gasteiger partial charge in [-0.15, -0.1) is 28.3 Å². The number of hydrogen-bond acceptors (Lipinski definition) is 5. The van der Waals surface area contributed by atoms with Crippen molar-refractivity contribution >= 4 is 34.0 Å². The smallest absolute Gasteiger partial charge is 0.269 e. The zero-order valence-electron chi connectivity index (χ0n) is 12.9. The van der Waals surface area contributed by atoms with Crippen LogP contribution in [-0.4, -0.2) is 9.91 Å². The molecular weight excluding hydrogens is 390 g/mol. The third-order valence-corrected chi connectivity index (χ3v) is 4.63. The van der Waals surface area contributed by atoms with Gasteiger partial charge in [-0.05, 0) is 24.6 Å². The molecule has 0 bridgehead atoms. The minimum absolute atomic E-state index is 0. The molecule has 2 aromatic carbocycles. The van der Waals surface area contributed by atoms with Gasteiger partial charge in [0.15, 0.2) is 0 Å². The van der Waals surface area contributed by atoms with Crippen molar-refractivity contribution in [3.05, 3.63) is 81.3 Å². The summed E-state index contributed by atoms with van der Waals surface area (Å²) in [6, 6.07) is 16.2. The zero-order valence-corrected chi connectivity index (χ0v) is 15.4. The fourth-order valence-electron chi connectivity index (χ4n) is 2.30. The SMILES string of the molecule is Br.CC(N)(c1ccc([N+](=O)[O-])cc1)c1csc(-c2ccccc2)n1. The van der Waals surface area contributed by atoms with Gasteiger partial charge in [-0.2, -0.15) is 0 Å². The van der Waals surface area contributed by atoms with Crippen LogP contribution in [0.1, 0.15) is 18.2 Å². The van der Waals surface area contributed by atoms with E-state index in [0.717, 1.165) is 21.8 Å². The molecule has 0 aliphatic carbocycles. The van der Waals surface area contributed by atoms with E-state index in [9.17, 15) is 10.1 Å². The van der Waals surface area contributed by atoms with Crippen LogP contribution in [0.25, 0.3) is 10.6 Å². The number of aromatic nitrogens is 1. The lowest BCUT2D eigenvalue weighted by molar-refractivity contribution is -0.384. The third kappa shape index (κ3) is 3.53. The minimum atomic E-state index is -0.807. The van der Waals surface area contributed by atoms with E-state index >= 15 is 0 Å². The van der Waals surface area contributed by atoms with Gasteiger partial charge in [-0.1, -0.05) is 30.3 Å². The number of non-ortho nitro benzene ring substituents is 1. The summed E-state index contributed by atoms with van der Waals surface area (Å²) in [5.41, 5.74) is 8.27. The van der Waals surface area contributed by atoms with Crippen molar-refractivity contribution in [1.82, 2.24) is 4.98 Å². The minimum Gasteiger partial charge on any atom is -0.317 e. The number of nitro benzene ring substituents is 1. The first-order chi connectivity index (χ1) is 11.0. The topological polar surface area (TPSA) is 82.0 Å². The summed E-state index contributed by atoms with van der Waals surface area (Å²) in [4.78, 5) is 15.0. The number of nitro groups is 1. The molecule has 0 fully saturated rings. The fourth-order valence-corrected chi connectivity index (χ4v) is 3.25. The molecule has 1 atom stereocenters. The van der Waals surface area contributed by atoms with Gasteiger partial charge in [0, 0.05) is 23.1 Å². The van der Waals surface area contributed by atoms with Crippen molar-refractivity contribution in [2.24, 2.45) is 5.73 Å².